The third kappa shape index (κ3) is 3.76. The molecule has 0 aromatic heterocycles. The molecular formula is C15H14F2O2. The van der Waals surface area contributed by atoms with Gasteiger partial charge in [-0.1, -0.05) is 18.2 Å². The minimum atomic E-state index is -1.08. The monoisotopic (exact) mass is 264 g/mol. The zero-order valence-corrected chi connectivity index (χ0v) is 10.2. The highest BCUT2D eigenvalue weighted by atomic mass is 19.1. The van der Waals surface area contributed by atoms with E-state index < -0.39 is 17.7 Å². The maximum Gasteiger partial charge on any atom is 0.129 e. The molecule has 0 saturated heterocycles. The van der Waals surface area contributed by atoms with E-state index in [1.807, 2.05) is 18.2 Å². The lowest BCUT2D eigenvalue weighted by Gasteiger charge is -2.13. The van der Waals surface area contributed by atoms with Crippen molar-refractivity contribution >= 4 is 0 Å². The van der Waals surface area contributed by atoms with E-state index in [-0.39, 0.29) is 18.6 Å². The summed E-state index contributed by atoms with van der Waals surface area (Å²) in [4.78, 5) is 0. The van der Waals surface area contributed by atoms with Crippen LogP contribution >= 0.6 is 0 Å². The molecule has 1 unspecified atom stereocenters. The van der Waals surface area contributed by atoms with E-state index >= 15 is 0 Å². The zero-order valence-electron chi connectivity index (χ0n) is 10.2. The average molecular weight is 264 g/mol. The molecule has 2 aromatic rings. The molecule has 0 heterocycles. The van der Waals surface area contributed by atoms with Crippen molar-refractivity contribution in [3.8, 4) is 5.75 Å². The molecule has 0 amide bonds. The summed E-state index contributed by atoms with van der Waals surface area (Å²) in [6.45, 7) is 0.223. The van der Waals surface area contributed by atoms with E-state index in [2.05, 4.69) is 0 Å². The zero-order chi connectivity index (χ0) is 13.7. The number of aliphatic hydroxyl groups excluding tert-OH is 1. The van der Waals surface area contributed by atoms with Crippen molar-refractivity contribution in [2.45, 2.75) is 12.5 Å². The van der Waals surface area contributed by atoms with Crippen molar-refractivity contribution in [1.29, 1.82) is 0 Å². The van der Waals surface area contributed by atoms with Crippen LogP contribution < -0.4 is 4.74 Å². The minimum absolute atomic E-state index is 0.0448. The van der Waals surface area contributed by atoms with Crippen LogP contribution in [0.5, 0.6) is 5.75 Å². The van der Waals surface area contributed by atoms with E-state index in [4.69, 9.17) is 4.74 Å². The lowest BCUT2D eigenvalue weighted by Crippen LogP contribution is -2.07. The van der Waals surface area contributed by atoms with Gasteiger partial charge >= 0.3 is 0 Å². The first kappa shape index (κ1) is 13.5. The first-order chi connectivity index (χ1) is 9.16. The van der Waals surface area contributed by atoms with Crippen LogP contribution in [0.4, 0.5) is 8.78 Å². The van der Waals surface area contributed by atoms with Gasteiger partial charge in [0.25, 0.3) is 0 Å². The molecule has 2 rings (SSSR count). The summed E-state index contributed by atoms with van der Waals surface area (Å²) in [5, 5.41) is 9.82. The largest absolute Gasteiger partial charge is 0.493 e. The van der Waals surface area contributed by atoms with E-state index in [0.717, 1.165) is 18.2 Å². The van der Waals surface area contributed by atoms with Crippen LogP contribution in [-0.2, 0) is 0 Å². The van der Waals surface area contributed by atoms with Gasteiger partial charge in [-0.05, 0) is 30.3 Å². The second-order valence-corrected chi connectivity index (χ2v) is 4.13. The number of hydrogen-bond acceptors (Lipinski definition) is 2. The van der Waals surface area contributed by atoms with Crippen LogP contribution in [-0.4, -0.2) is 11.7 Å². The van der Waals surface area contributed by atoms with Gasteiger partial charge in [-0.15, -0.1) is 0 Å². The third-order valence-corrected chi connectivity index (χ3v) is 2.72. The Morgan fingerprint density at radius 2 is 1.79 bits per heavy atom. The molecule has 2 nitrogen and oxygen atoms in total. The normalized spacial score (nSPS) is 12.2. The maximum absolute atomic E-state index is 13.4. The molecule has 0 aliphatic carbocycles. The molecule has 1 atom stereocenters. The van der Waals surface area contributed by atoms with E-state index in [9.17, 15) is 13.9 Å². The van der Waals surface area contributed by atoms with Gasteiger partial charge in [-0.3, -0.25) is 0 Å². The number of rotatable bonds is 5. The highest BCUT2D eigenvalue weighted by Gasteiger charge is 2.13. The molecule has 100 valence electrons. The Hall–Kier alpha value is -1.94. The summed E-state index contributed by atoms with van der Waals surface area (Å²) < 4.78 is 31.8. The van der Waals surface area contributed by atoms with Gasteiger partial charge in [-0.2, -0.15) is 0 Å². The Kier molecular flexibility index (Phi) is 4.47. The molecule has 0 spiro atoms. The molecule has 1 N–H and O–H groups in total. The van der Waals surface area contributed by atoms with Crippen molar-refractivity contribution in [1.82, 2.24) is 0 Å². The van der Waals surface area contributed by atoms with Gasteiger partial charge < -0.3 is 9.84 Å². The topological polar surface area (TPSA) is 29.5 Å². The number of aliphatic hydroxyl groups is 1. The van der Waals surface area contributed by atoms with Crippen LogP contribution in [0.25, 0.3) is 0 Å². The van der Waals surface area contributed by atoms with E-state index in [1.54, 1.807) is 12.1 Å². The van der Waals surface area contributed by atoms with Gasteiger partial charge in [0.05, 0.1) is 12.7 Å². The molecule has 19 heavy (non-hydrogen) atoms. The molecule has 0 bridgehead atoms. The third-order valence-electron chi connectivity index (χ3n) is 2.72. The van der Waals surface area contributed by atoms with Gasteiger partial charge in [0.2, 0.25) is 0 Å². The molecule has 4 heteroatoms. The van der Waals surface area contributed by atoms with Gasteiger partial charge in [0, 0.05) is 12.0 Å². The lowest BCUT2D eigenvalue weighted by atomic mass is 10.1. The predicted molar refractivity (Wildman–Crippen MR) is 67.9 cm³/mol. The highest BCUT2D eigenvalue weighted by Crippen LogP contribution is 2.21. The molecule has 0 fully saturated rings. The summed E-state index contributed by atoms with van der Waals surface area (Å²) in [5.41, 5.74) is -0.0448. The average Bonchev–Trinajstić information content (AvgIpc) is 2.42. The predicted octanol–water partition coefficient (Wildman–Crippen LogP) is 3.47. The number of benzene rings is 2. The fourth-order valence-electron chi connectivity index (χ4n) is 1.73. The van der Waals surface area contributed by atoms with Crippen LogP contribution in [0.3, 0.4) is 0 Å². The second-order valence-electron chi connectivity index (χ2n) is 4.13. The van der Waals surface area contributed by atoms with E-state index in [1.165, 1.54) is 0 Å². The quantitative estimate of drug-likeness (QED) is 0.896. The Morgan fingerprint density at radius 1 is 1.05 bits per heavy atom. The molecule has 0 radical (unpaired) electrons. The van der Waals surface area contributed by atoms with Crippen molar-refractivity contribution in [2.75, 3.05) is 6.61 Å². The van der Waals surface area contributed by atoms with Gasteiger partial charge in [0.1, 0.15) is 17.4 Å². The summed E-state index contributed by atoms with van der Waals surface area (Å²) in [6, 6.07) is 12.1. The second kappa shape index (κ2) is 6.29. The Morgan fingerprint density at radius 3 is 2.53 bits per heavy atom. The fourth-order valence-corrected chi connectivity index (χ4v) is 1.73. The molecule has 0 aliphatic rings. The van der Waals surface area contributed by atoms with Crippen molar-refractivity contribution in [2.24, 2.45) is 0 Å². The lowest BCUT2D eigenvalue weighted by molar-refractivity contribution is 0.136. The Bertz CT molecular complexity index is 529. The smallest absolute Gasteiger partial charge is 0.129 e. The maximum atomic E-state index is 13.4. The van der Waals surface area contributed by atoms with Crippen molar-refractivity contribution in [3.05, 3.63) is 65.7 Å². The Balaban J connectivity index is 1.91. The first-order valence-electron chi connectivity index (χ1n) is 5.97. The molecular weight excluding hydrogens is 250 g/mol. The standard InChI is InChI=1S/C15H14F2O2/c16-11-6-7-14(17)13(10-11)15(18)8-9-19-12-4-2-1-3-5-12/h1-7,10,15,18H,8-9H2. The van der Waals surface area contributed by atoms with Crippen LogP contribution in [0.15, 0.2) is 48.5 Å². The van der Waals surface area contributed by atoms with Crippen molar-refractivity contribution in [3.63, 3.8) is 0 Å². The Labute approximate surface area is 110 Å². The summed E-state index contributed by atoms with van der Waals surface area (Å²) >= 11 is 0. The molecule has 0 saturated carbocycles. The van der Waals surface area contributed by atoms with Gasteiger partial charge in [-0.25, -0.2) is 8.78 Å². The minimum Gasteiger partial charge on any atom is -0.493 e. The number of ether oxygens (including phenoxy) is 1. The summed E-state index contributed by atoms with van der Waals surface area (Å²) in [7, 11) is 0. The van der Waals surface area contributed by atoms with Crippen molar-refractivity contribution < 1.29 is 18.6 Å². The first-order valence-corrected chi connectivity index (χ1v) is 5.97. The van der Waals surface area contributed by atoms with Crippen LogP contribution in [0.1, 0.15) is 18.1 Å². The molecule has 2 aromatic carbocycles. The van der Waals surface area contributed by atoms with Crippen LogP contribution in [0, 0.1) is 11.6 Å². The summed E-state index contributed by atoms with van der Waals surface area (Å²) in [5.74, 6) is -0.512. The number of para-hydroxylation sites is 1. The van der Waals surface area contributed by atoms with Crippen LogP contribution in [0.2, 0.25) is 0 Å². The number of halogens is 2. The van der Waals surface area contributed by atoms with Gasteiger partial charge in [0.15, 0.2) is 0 Å². The van der Waals surface area contributed by atoms with E-state index in [0.29, 0.717) is 5.75 Å². The molecule has 0 aliphatic heterocycles. The SMILES string of the molecule is OC(CCOc1ccccc1)c1cc(F)ccc1F. The highest BCUT2D eigenvalue weighted by molar-refractivity contribution is 5.22. The summed E-state index contributed by atoms with van der Waals surface area (Å²) in [6.07, 6.45) is -0.894. The number of hydrogen-bond donors (Lipinski definition) is 1. The fraction of sp³-hybridized carbons (Fsp3) is 0.200.